The molecule has 0 spiro atoms. The molecule has 0 aromatic heterocycles. The van der Waals surface area contributed by atoms with Crippen molar-refractivity contribution in [2.75, 3.05) is 36.4 Å². The average molecular weight is 317 g/mol. The Morgan fingerprint density at radius 3 is 2.48 bits per heavy atom. The van der Waals surface area contributed by atoms with Crippen LogP contribution in [0.25, 0.3) is 0 Å². The van der Waals surface area contributed by atoms with Gasteiger partial charge in [0.25, 0.3) is 0 Å². The van der Waals surface area contributed by atoms with Crippen molar-refractivity contribution in [2.45, 2.75) is 39.7 Å². The molecule has 4 nitrogen and oxygen atoms in total. The third kappa shape index (κ3) is 4.93. The van der Waals surface area contributed by atoms with Crippen molar-refractivity contribution >= 4 is 28.7 Å². The lowest BCUT2D eigenvalue weighted by atomic mass is 10.1. The van der Waals surface area contributed by atoms with Gasteiger partial charge in [0.1, 0.15) is 5.02 Å². The van der Waals surface area contributed by atoms with Crippen LogP contribution in [0, 0.1) is 5.82 Å². The molecule has 1 rings (SSSR count). The zero-order chi connectivity index (χ0) is 16.0. The van der Waals surface area contributed by atoms with Gasteiger partial charge < -0.3 is 21.7 Å². The van der Waals surface area contributed by atoms with Crippen molar-refractivity contribution in [1.82, 2.24) is 4.90 Å². The first kappa shape index (κ1) is 17.9. The van der Waals surface area contributed by atoms with Crippen molar-refractivity contribution in [3.63, 3.8) is 0 Å². The van der Waals surface area contributed by atoms with Crippen LogP contribution in [0.15, 0.2) is 6.07 Å². The number of benzene rings is 1. The van der Waals surface area contributed by atoms with Crippen LogP contribution in [0.4, 0.5) is 21.5 Å². The minimum atomic E-state index is -0.579. The van der Waals surface area contributed by atoms with Gasteiger partial charge in [-0.25, -0.2) is 4.39 Å². The quantitative estimate of drug-likeness (QED) is 0.641. The molecule has 0 bridgehead atoms. The topological polar surface area (TPSA) is 67.3 Å². The van der Waals surface area contributed by atoms with Crippen molar-refractivity contribution in [3.8, 4) is 0 Å². The Balaban J connectivity index is 2.59. The third-order valence-corrected chi connectivity index (χ3v) is 4.05. The molecule has 0 fully saturated rings. The highest BCUT2D eigenvalue weighted by atomic mass is 35.5. The number of anilines is 3. The van der Waals surface area contributed by atoms with Crippen molar-refractivity contribution in [1.29, 1.82) is 0 Å². The van der Waals surface area contributed by atoms with Crippen molar-refractivity contribution < 1.29 is 4.39 Å². The first-order valence-electron chi connectivity index (χ1n) is 7.42. The van der Waals surface area contributed by atoms with Gasteiger partial charge >= 0.3 is 0 Å². The maximum absolute atomic E-state index is 14.1. The molecule has 0 aliphatic carbocycles. The lowest BCUT2D eigenvalue weighted by molar-refractivity contribution is 0.295. The summed E-state index contributed by atoms with van der Waals surface area (Å²) in [5.74, 6) is -0.579. The van der Waals surface area contributed by atoms with E-state index in [0.29, 0.717) is 0 Å². The molecular formula is C15H26ClFN4. The van der Waals surface area contributed by atoms with Crippen LogP contribution >= 0.6 is 11.6 Å². The molecule has 0 radical (unpaired) electrons. The zero-order valence-electron chi connectivity index (χ0n) is 13.0. The van der Waals surface area contributed by atoms with E-state index in [9.17, 15) is 4.39 Å². The molecule has 1 unspecified atom stereocenters. The van der Waals surface area contributed by atoms with Gasteiger partial charge in [0.15, 0.2) is 5.82 Å². The van der Waals surface area contributed by atoms with E-state index in [-0.39, 0.29) is 28.1 Å². The first-order valence-corrected chi connectivity index (χ1v) is 7.80. The maximum atomic E-state index is 14.1. The second kappa shape index (κ2) is 8.29. The van der Waals surface area contributed by atoms with Crippen LogP contribution in [-0.4, -0.2) is 30.6 Å². The summed E-state index contributed by atoms with van der Waals surface area (Å²) >= 11 is 5.82. The molecule has 21 heavy (non-hydrogen) atoms. The fraction of sp³-hybridized carbons (Fsp3) is 0.600. The van der Waals surface area contributed by atoms with Gasteiger partial charge in [-0.15, -0.1) is 0 Å². The van der Waals surface area contributed by atoms with E-state index < -0.39 is 5.82 Å². The number of nitrogen functional groups attached to an aromatic ring is 2. The summed E-state index contributed by atoms with van der Waals surface area (Å²) in [6.07, 6.45) is 1.97. The lowest BCUT2D eigenvalue weighted by Gasteiger charge is -2.21. The second-order valence-corrected chi connectivity index (χ2v) is 5.65. The largest absolute Gasteiger partial charge is 0.397 e. The number of nitrogens with one attached hydrogen (secondary N) is 1. The molecule has 120 valence electrons. The second-order valence-electron chi connectivity index (χ2n) is 5.27. The molecule has 0 aliphatic rings. The fourth-order valence-corrected chi connectivity index (χ4v) is 2.44. The van der Waals surface area contributed by atoms with Crippen molar-refractivity contribution in [2.24, 2.45) is 0 Å². The normalized spacial score (nSPS) is 12.7. The molecule has 0 amide bonds. The Bertz CT molecular complexity index is 463. The number of nitrogens with zero attached hydrogens (tertiary/aromatic N) is 1. The van der Waals surface area contributed by atoms with Gasteiger partial charge in [0, 0.05) is 6.04 Å². The Morgan fingerprint density at radius 1 is 1.29 bits per heavy atom. The Labute approximate surface area is 131 Å². The summed E-state index contributed by atoms with van der Waals surface area (Å²) in [7, 11) is 0. The molecule has 0 aliphatic heterocycles. The van der Waals surface area contributed by atoms with Gasteiger partial charge in [-0.2, -0.15) is 0 Å². The molecule has 0 saturated heterocycles. The van der Waals surface area contributed by atoms with E-state index >= 15 is 0 Å². The smallest absolute Gasteiger partial charge is 0.169 e. The Kier molecular flexibility index (Phi) is 7.05. The number of halogens is 2. The van der Waals surface area contributed by atoms with Crippen molar-refractivity contribution in [3.05, 3.63) is 16.9 Å². The highest BCUT2D eigenvalue weighted by Gasteiger charge is 2.16. The number of hydrogen-bond donors (Lipinski definition) is 3. The molecule has 1 atom stereocenters. The SMILES string of the molecule is CCN(CC)CCCC(C)Nc1c(N)cc(N)c(Cl)c1F. The van der Waals surface area contributed by atoms with E-state index in [2.05, 4.69) is 24.1 Å². The molecule has 1 aromatic carbocycles. The fourth-order valence-electron chi connectivity index (χ4n) is 2.29. The van der Waals surface area contributed by atoms with Gasteiger partial charge in [0.05, 0.1) is 17.1 Å². The first-order chi connectivity index (χ1) is 9.90. The van der Waals surface area contributed by atoms with Gasteiger partial charge in [-0.05, 0) is 45.5 Å². The van der Waals surface area contributed by atoms with Crippen LogP contribution in [0.5, 0.6) is 0 Å². The van der Waals surface area contributed by atoms with Crippen LogP contribution in [0.3, 0.4) is 0 Å². The predicted octanol–water partition coefficient (Wildman–Crippen LogP) is 3.57. The van der Waals surface area contributed by atoms with E-state index in [0.717, 1.165) is 32.5 Å². The lowest BCUT2D eigenvalue weighted by Crippen LogP contribution is -2.26. The molecule has 6 heteroatoms. The molecule has 5 N–H and O–H groups in total. The molecule has 1 aromatic rings. The van der Waals surface area contributed by atoms with Crippen LogP contribution < -0.4 is 16.8 Å². The van der Waals surface area contributed by atoms with Gasteiger partial charge in [-0.3, -0.25) is 0 Å². The maximum Gasteiger partial charge on any atom is 0.169 e. The Hall–Kier alpha value is -1.20. The highest BCUT2D eigenvalue weighted by molar-refractivity contribution is 6.33. The standard InChI is InChI=1S/C15H26ClFN4/c1-4-21(5-2)8-6-7-10(3)20-15-12(19)9-11(18)13(16)14(15)17/h9-10,20H,4-8,18-19H2,1-3H3. The van der Waals surface area contributed by atoms with Crippen LogP contribution in [0.2, 0.25) is 5.02 Å². The summed E-state index contributed by atoms with van der Waals surface area (Å²) in [6, 6.07) is 1.59. The molecule has 0 saturated carbocycles. The minimum absolute atomic E-state index is 0.0814. The summed E-state index contributed by atoms with van der Waals surface area (Å²) in [5, 5.41) is 3.02. The highest BCUT2D eigenvalue weighted by Crippen LogP contribution is 2.34. The van der Waals surface area contributed by atoms with Crippen LogP contribution in [0.1, 0.15) is 33.6 Å². The Morgan fingerprint density at radius 2 is 1.90 bits per heavy atom. The zero-order valence-corrected chi connectivity index (χ0v) is 13.8. The summed E-state index contributed by atoms with van der Waals surface area (Å²) < 4.78 is 14.1. The van der Waals surface area contributed by atoms with E-state index in [4.69, 9.17) is 23.1 Å². The average Bonchev–Trinajstić information content (AvgIpc) is 2.46. The summed E-state index contributed by atoms with van der Waals surface area (Å²) in [4.78, 5) is 2.36. The minimum Gasteiger partial charge on any atom is -0.397 e. The number of nitrogens with two attached hydrogens (primary N) is 2. The summed E-state index contributed by atoms with van der Waals surface area (Å²) in [6.45, 7) is 9.45. The summed E-state index contributed by atoms with van der Waals surface area (Å²) in [5.41, 5.74) is 12.1. The van der Waals surface area contributed by atoms with Crippen LogP contribution in [-0.2, 0) is 0 Å². The third-order valence-electron chi connectivity index (χ3n) is 3.66. The molecular weight excluding hydrogens is 291 g/mol. The monoisotopic (exact) mass is 316 g/mol. The number of hydrogen-bond acceptors (Lipinski definition) is 4. The van der Waals surface area contributed by atoms with Gasteiger partial charge in [0.2, 0.25) is 0 Å². The van der Waals surface area contributed by atoms with E-state index in [1.165, 1.54) is 6.07 Å². The molecule has 0 heterocycles. The van der Waals surface area contributed by atoms with E-state index in [1.54, 1.807) is 0 Å². The van der Waals surface area contributed by atoms with E-state index in [1.807, 2.05) is 6.92 Å². The predicted molar refractivity (Wildman–Crippen MR) is 90.3 cm³/mol. The van der Waals surface area contributed by atoms with Gasteiger partial charge in [-0.1, -0.05) is 25.4 Å². The number of rotatable bonds is 8.